The fraction of sp³-hybridized carbons (Fsp3) is 0.316. The summed E-state index contributed by atoms with van der Waals surface area (Å²) in [6.45, 7) is 25.3. The summed E-state index contributed by atoms with van der Waals surface area (Å²) in [4.78, 5) is 14.5. The molecule has 0 amide bonds. The summed E-state index contributed by atoms with van der Waals surface area (Å²) in [5.74, 6) is 0. The van der Waals surface area contributed by atoms with E-state index in [1.807, 2.05) is 0 Å². The monoisotopic (exact) mass is 1070 g/mol. The smallest absolute Gasteiger partial charge is 0.462 e. The molecule has 0 heterocycles. The van der Waals surface area contributed by atoms with Crippen LogP contribution in [0.4, 0.5) is 0 Å². The van der Waals surface area contributed by atoms with E-state index in [1.54, 1.807) is 0 Å². The molecule has 0 fully saturated rings. The molecule has 0 aromatic heterocycles. The third-order valence-corrected chi connectivity index (χ3v) is 15.7. The van der Waals surface area contributed by atoms with E-state index in [9.17, 15) is 0 Å². The van der Waals surface area contributed by atoms with Gasteiger partial charge in [-0.2, -0.15) is 0 Å². The average molecular weight is 1070 g/mol. The first-order valence-corrected chi connectivity index (χ1v) is 27.3. The second-order valence-electron chi connectivity index (χ2n) is 17.3. The summed E-state index contributed by atoms with van der Waals surface area (Å²) in [5.41, 5.74) is 2.95. The van der Waals surface area contributed by atoms with Crippen molar-refractivity contribution in [2.45, 2.75) is 119 Å². The number of nitrogens with zero attached hydrogens (tertiary/aromatic N) is 6. The molecule has 6 nitrogen and oxygen atoms in total. The van der Waals surface area contributed by atoms with E-state index in [0.29, 0.717) is 0 Å². The minimum atomic E-state index is -0.696. The maximum Gasteiger partial charge on any atom is 3.00 e. The van der Waals surface area contributed by atoms with E-state index in [2.05, 4.69) is 265 Å². The Morgan fingerprint density at radius 2 is 0.433 bits per heavy atom. The maximum atomic E-state index is 4.85. The number of hydrogen-bond donors (Lipinski definition) is 0. The molecule has 0 unspecified atom stereocenters. The molecule has 0 aliphatic heterocycles. The summed E-state index contributed by atoms with van der Waals surface area (Å²) in [5, 5.41) is 22.3. The second-order valence-corrected chi connectivity index (χ2v) is 23.6. The Labute approximate surface area is 436 Å². The largest absolute Gasteiger partial charge is 3.00 e. The zero-order valence-electron chi connectivity index (χ0n) is 41.9. The molecule has 6 aromatic carbocycles. The van der Waals surface area contributed by atoms with Crippen molar-refractivity contribution in [3.63, 3.8) is 0 Å². The van der Waals surface area contributed by atoms with Gasteiger partial charge in [0.25, 0.3) is 0 Å². The molecule has 0 N–H and O–H groups in total. The fourth-order valence-corrected chi connectivity index (χ4v) is 13.6. The molecule has 0 atom stereocenters. The van der Waals surface area contributed by atoms with Gasteiger partial charge in [0, 0.05) is 0 Å². The Hall–Kier alpha value is -3.79. The Morgan fingerprint density at radius 1 is 0.284 bits per heavy atom. The van der Waals surface area contributed by atoms with E-state index in [-0.39, 0.29) is 71.8 Å². The van der Waals surface area contributed by atoms with Gasteiger partial charge in [-0.25, -0.2) is 0 Å². The van der Waals surface area contributed by atoms with Crippen molar-refractivity contribution in [1.82, 2.24) is 0 Å². The number of benzene rings is 6. The number of hydrogen-bond acceptors (Lipinski definition) is 3. The van der Waals surface area contributed by atoms with Crippen molar-refractivity contribution in [3.05, 3.63) is 198 Å². The van der Waals surface area contributed by atoms with Crippen molar-refractivity contribution >= 4 is 72.3 Å². The van der Waals surface area contributed by atoms with Gasteiger partial charge in [-0.1, -0.05) is 282 Å². The normalized spacial score (nSPS) is 12.0. The quantitative estimate of drug-likeness (QED) is 0.0558. The summed E-state index contributed by atoms with van der Waals surface area (Å²) in [6.07, 6.45) is 0. The van der Waals surface area contributed by atoms with Gasteiger partial charge >= 0.3 is 35.6 Å². The second kappa shape index (κ2) is 31.4. The van der Waals surface area contributed by atoms with Crippen LogP contribution in [-0.2, 0) is 0 Å². The van der Waals surface area contributed by atoms with Gasteiger partial charge in [-0.05, 0) is 91.8 Å². The van der Waals surface area contributed by atoms with E-state index in [1.165, 1.54) is 31.8 Å². The molecule has 6 aromatic rings. The van der Waals surface area contributed by atoms with Gasteiger partial charge < -0.3 is 30.9 Å². The van der Waals surface area contributed by atoms with Crippen LogP contribution in [0.1, 0.15) is 83.1 Å². The molecule has 0 radical (unpaired) electrons. The van der Waals surface area contributed by atoms with Gasteiger partial charge in [-0.15, -0.1) is 0 Å². The number of aliphatic imine (C=N–C) groups is 3. The molecule has 67 heavy (non-hydrogen) atoms. The van der Waals surface area contributed by atoms with Crippen LogP contribution in [0.5, 0.6) is 0 Å². The third-order valence-electron chi connectivity index (χ3n) is 8.93. The Morgan fingerprint density at radius 3 is 0.552 bits per heavy atom. The summed E-state index contributed by atoms with van der Waals surface area (Å²) in [7, 11) is -2.09. The fourth-order valence-electron chi connectivity index (χ4n) is 6.43. The minimum Gasteiger partial charge on any atom is -0.462 e. The standard InChI is InChI=1S/3C19H24N2P.La/c3*1-15(2)20-19(21-16(3)4)22(17-11-7-5-8-12-17)18-13-9-6-10-14-18;/h3*5-16H,1-4H3;/q3*-1;+3. The van der Waals surface area contributed by atoms with Gasteiger partial charge in [0.15, 0.2) is 0 Å². The predicted molar refractivity (Wildman–Crippen MR) is 300 cm³/mol. The molecule has 0 bridgehead atoms. The van der Waals surface area contributed by atoms with Crippen LogP contribution >= 0.6 is 23.8 Å². The van der Waals surface area contributed by atoms with E-state index >= 15 is 0 Å². The van der Waals surface area contributed by atoms with Gasteiger partial charge in [0.2, 0.25) is 0 Å². The zero-order chi connectivity index (χ0) is 47.8. The molecular weight excluding hydrogens is 1000 g/mol. The van der Waals surface area contributed by atoms with Crippen LogP contribution in [0.15, 0.2) is 197 Å². The van der Waals surface area contributed by atoms with Gasteiger partial charge in [0.05, 0.1) is 0 Å². The SMILES string of the molecule is CC(C)N=C([N-]C(C)C)P(c1ccccc1)c1ccccc1.CC(C)N=C([N-]C(C)C)P(c1ccccc1)c1ccccc1.CC(C)N=C([N-]C(C)C)P(c1ccccc1)c1ccccc1.[La+3]. The first-order chi connectivity index (χ1) is 31.7. The third kappa shape index (κ3) is 20.8. The van der Waals surface area contributed by atoms with E-state index < -0.39 is 23.8 Å². The van der Waals surface area contributed by atoms with Crippen LogP contribution < -0.4 is 31.8 Å². The van der Waals surface area contributed by atoms with Crippen LogP contribution in [0.3, 0.4) is 0 Å². The Balaban J connectivity index is 0.000000264. The number of rotatable bonds is 15. The van der Waals surface area contributed by atoms with Crippen molar-refractivity contribution in [1.29, 1.82) is 0 Å². The molecule has 0 spiro atoms. The molecule has 0 saturated carbocycles. The van der Waals surface area contributed by atoms with Crippen LogP contribution in [0.2, 0.25) is 0 Å². The maximum absolute atomic E-state index is 4.85. The predicted octanol–water partition coefficient (Wildman–Crippen LogP) is 14.0. The van der Waals surface area contributed by atoms with Crippen LogP contribution in [0, 0.1) is 35.6 Å². The first kappa shape index (κ1) is 57.5. The van der Waals surface area contributed by atoms with Crippen LogP contribution in [0.25, 0.3) is 16.0 Å². The van der Waals surface area contributed by atoms with Crippen molar-refractivity contribution in [2.75, 3.05) is 0 Å². The van der Waals surface area contributed by atoms with Crippen molar-refractivity contribution in [2.24, 2.45) is 15.0 Å². The topological polar surface area (TPSA) is 79.4 Å². The Bertz CT molecular complexity index is 1930. The summed E-state index contributed by atoms with van der Waals surface area (Å²) >= 11 is 0. The molecule has 348 valence electrons. The summed E-state index contributed by atoms with van der Waals surface area (Å²) in [6, 6.07) is 65.1. The van der Waals surface area contributed by atoms with Gasteiger partial charge in [0.1, 0.15) is 0 Å². The molecule has 10 heteroatoms. The van der Waals surface area contributed by atoms with Gasteiger partial charge in [-0.3, -0.25) is 0 Å². The van der Waals surface area contributed by atoms with Crippen molar-refractivity contribution < 1.29 is 35.6 Å². The van der Waals surface area contributed by atoms with E-state index in [0.717, 1.165) is 16.7 Å². The van der Waals surface area contributed by atoms with Crippen LogP contribution in [-0.4, -0.2) is 53.0 Å². The molecule has 0 saturated heterocycles. The first-order valence-electron chi connectivity index (χ1n) is 23.3. The van der Waals surface area contributed by atoms with Crippen molar-refractivity contribution in [3.8, 4) is 0 Å². The Kier molecular flexibility index (Phi) is 26.9. The average Bonchev–Trinajstić information content (AvgIpc) is 3.28. The molecule has 0 aliphatic rings. The molecule has 6 rings (SSSR count). The summed E-state index contributed by atoms with van der Waals surface area (Å²) < 4.78 is 0. The minimum absolute atomic E-state index is 0. The number of amidine groups is 3. The zero-order valence-corrected chi connectivity index (χ0v) is 48.2. The molecular formula is C57H72LaN6P3. The van der Waals surface area contributed by atoms with E-state index in [4.69, 9.17) is 30.9 Å². The molecule has 0 aliphatic carbocycles.